The zero-order valence-corrected chi connectivity index (χ0v) is 21.4. The van der Waals surface area contributed by atoms with Crippen LogP contribution in [-0.4, -0.2) is 25.0 Å². The summed E-state index contributed by atoms with van der Waals surface area (Å²) in [5, 5.41) is 2.07. The minimum atomic E-state index is -1.03. The number of halogens is 3. The van der Waals surface area contributed by atoms with Crippen molar-refractivity contribution >= 4 is 61.5 Å². The standard InChI is InChI=1S/C25H17Br2FN2O5/c1-34-21-12-15(11-18(27)22(21)35-13-14-6-8-16(26)9-7-14)10-17-23(31)29-25(33)30(24(17)32)20-5-3-2-4-19(20)28/h2-12H,13H2,1H3,(H,29,31,33)/b17-10-. The fourth-order valence-corrected chi connectivity index (χ4v) is 4.21. The van der Waals surface area contributed by atoms with Crippen LogP contribution in [0.1, 0.15) is 11.1 Å². The first-order chi connectivity index (χ1) is 16.8. The van der Waals surface area contributed by atoms with Crippen molar-refractivity contribution in [3.05, 3.63) is 92.1 Å². The van der Waals surface area contributed by atoms with Gasteiger partial charge in [0.05, 0.1) is 17.3 Å². The SMILES string of the molecule is COc1cc(/C=C2/C(=O)NC(=O)N(c3ccccc3F)C2=O)cc(Br)c1OCc1ccc(Br)cc1. The van der Waals surface area contributed by atoms with Crippen molar-refractivity contribution in [1.82, 2.24) is 5.32 Å². The number of urea groups is 1. The highest BCUT2D eigenvalue weighted by Gasteiger charge is 2.38. The van der Waals surface area contributed by atoms with E-state index < -0.39 is 23.7 Å². The van der Waals surface area contributed by atoms with Gasteiger partial charge >= 0.3 is 6.03 Å². The fourth-order valence-electron chi connectivity index (χ4n) is 3.38. The average molecular weight is 604 g/mol. The van der Waals surface area contributed by atoms with E-state index in [9.17, 15) is 18.8 Å². The Morgan fingerprint density at radius 1 is 1.03 bits per heavy atom. The number of nitrogens with zero attached hydrogens (tertiary/aromatic N) is 1. The second kappa shape index (κ2) is 10.4. The number of ether oxygens (including phenoxy) is 2. The maximum atomic E-state index is 14.3. The van der Waals surface area contributed by atoms with E-state index in [0.29, 0.717) is 26.4 Å². The highest BCUT2D eigenvalue weighted by atomic mass is 79.9. The lowest BCUT2D eigenvalue weighted by atomic mass is 10.1. The van der Waals surface area contributed by atoms with Crippen molar-refractivity contribution in [2.45, 2.75) is 6.61 Å². The first kappa shape index (κ1) is 24.6. The molecule has 3 aromatic rings. The van der Waals surface area contributed by atoms with E-state index in [1.807, 2.05) is 24.3 Å². The molecule has 10 heteroatoms. The molecule has 3 aromatic carbocycles. The van der Waals surface area contributed by atoms with E-state index in [1.54, 1.807) is 12.1 Å². The lowest BCUT2D eigenvalue weighted by Crippen LogP contribution is -2.54. The number of hydrogen-bond donors (Lipinski definition) is 1. The van der Waals surface area contributed by atoms with E-state index in [0.717, 1.165) is 16.1 Å². The molecule has 0 aromatic heterocycles. The summed E-state index contributed by atoms with van der Waals surface area (Å²) in [6.07, 6.45) is 1.30. The van der Waals surface area contributed by atoms with Gasteiger partial charge in [0, 0.05) is 4.47 Å². The Balaban J connectivity index is 1.64. The minimum Gasteiger partial charge on any atom is -0.493 e. The van der Waals surface area contributed by atoms with Crippen LogP contribution in [0.3, 0.4) is 0 Å². The third-order valence-corrected chi connectivity index (χ3v) is 6.17. The molecule has 1 fully saturated rings. The van der Waals surface area contributed by atoms with Crippen molar-refractivity contribution in [2.24, 2.45) is 0 Å². The molecule has 0 spiro atoms. The molecule has 1 N–H and O–H groups in total. The Morgan fingerprint density at radius 2 is 1.74 bits per heavy atom. The maximum absolute atomic E-state index is 14.3. The van der Waals surface area contributed by atoms with Gasteiger partial charge in [0.1, 0.15) is 18.0 Å². The Kier molecular flexibility index (Phi) is 7.32. The van der Waals surface area contributed by atoms with Gasteiger partial charge in [-0.1, -0.05) is 40.2 Å². The number of rotatable bonds is 6. The van der Waals surface area contributed by atoms with Crippen LogP contribution in [0, 0.1) is 5.82 Å². The Labute approximate surface area is 216 Å². The van der Waals surface area contributed by atoms with Crippen molar-refractivity contribution in [1.29, 1.82) is 0 Å². The van der Waals surface area contributed by atoms with Gasteiger partial charge in [-0.2, -0.15) is 0 Å². The number of anilines is 1. The maximum Gasteiger partial charge on any atom is 0.336 e. The monoisotopic (exact) mass is 602 g/mol. The summed E-state index contributed by atoms with van der Waals surface area (Å²) >= 11 is 6.84. The number of hydrogen-bond acceptors (Lipinski definition) is 5. The van der Waals surface area contributed by atoms with Crippen LogP contribution in [0.4, 0.5) is 14.9 Å². The lowest BCUT2D eigenvalue weighted by Gasteiger charge is -2.26. The number of para-hydroxylation sites is 1. The number of imide groups is 2. The number of nitrogens with one attached hydrogen (secondary N) is 1. The summed E-state index contributed by atoms with van der Waals surface area (Å²) < 4.78 is 27.1. The van der Waals surface area contributed by atoms with Crippen LogP contribution in [0.2, 0.25) is 0 Å². The largest absolute Gasteiger partial charge is 0.493 e. The van der Waals surface area contributed by atoms with Gasteiger partial charge in [0.25, 0.3) is 11.8 Å². The average Bonchev–Trinajstić information content (AvgIpc) is 2.83. The first-order valence-corrected chi connectivity index (χ1v) is 11.8. The van der Waals surface area contributed by atoms with Crippen LogP contribution < -0.4 is 19.7 Å². The van der Waals surface area contributed by atoms with Crippen molar-refractivity contribution in [3.63, 3.8) is 0 Å². The zero-order chi connectivity index (χ0) is 25.1. The summed E-state index contributed by atoms with van der Waals surface area (Å²) in [6, 6.07) is 15.1. The molecule has 1 aliphatic rings. The molecule has 1 heterocycles. The number of benzene rings is 3. The van der Waals surface area contributed by atoms with Crippen molar-refractivity contribution in [3.8, 4) is 11.5 Å². The highest BCUT2D eigenvalue weighted by Crippen LogP contribution is 2.38. The van der Waals surface area contributed by atoms with E-state index in [2.05, 4.69) is 37.2 Å². The van der Waals surface area contributed by atoms with Gasteiger partial charge in [0.15, 0.2) is 11.5 Å². The molecule has 4 amide bonds. The smallest absolute Gasteiger partial charge is 0.336 e. The van der Waals surface area contributed by atoms with Gasteiger partial charge in [-0.3, -0.25) is 14.9 Å². The quantitative estimate of drug-likeness (QED) is 0.293. The van der Waals surface area contributed by atoms with Crippen LogP contribution in [0.15, 0.2) is 75.2 Å². The molecule has 35 heavy (non-hydrogen) atoms. The topological polar surface area (TPSA) is 84.9 Å². The summed E-state index contributed by atoms with van der Waals surface area (Å²) in [5.74, 6) is -1.83. The summed E-state index contributed by atoms with van der Waals surface area (Å²) in [5.41, 5.74) is 0.760. The van der Waals surface area contributed by atoms with E-state index in [1.165, 1.54) is 31.4 Å². The molecule has 0 aliphatic carbocycles. The third-order valence-electron chi connectivity index (χ3n) is 5.05. The number of carbonyl (C=O) groups excluding carboxylic acids is 3. The highest BCUT2D eigenvalue weighted by molar-refractivity contribution is 9.10. The van der Waals surface area contributed by atoms with Crippen LogP contribution >= 0.6 is 31.9 Å². The molecule has 4 rings (SSSR count). The molecule has 0 atom stereocenters. The molecule has 0 radical (unpaired) electrons. The van der Waals surface area contributed by atoms with E-state index in [-0.39, 0.29) is 17.9 Å². The van der Waals surface area contributed by atoms with Gasteiger partial charge in [0.2, 0.25) is 0 Å². The third kappa shape index (κ3) is 5.28. The summed E-state index contributed by atoms with van der Waals surface area (Å²) in [6.45, 7) is 0.281. The van der Waals surface area contributed by atoms with E-state index in [4.69, 9.17) is 9.47 Å². The Hall–Kier alpha value is -3.50. The molecule has 0 bridgehead atoms. The van der Waals surface area contributed by atoms with Crippen LogP contribution in [0.5, 0.6) is 11.5 Å². The van der Waals surface area contributed by atoms with Gasteiger partial charge in [-0.25, -0.2) is 14.1 Å². The molecule has 0 saturated carbocycles. The number of carbonyl (C=O) groups is 3. The van der Waals surface area contributed by atoms with Gasteiger partial charge < -0.3 is 9.47 Å². The molecular weight excluding hydrogens is 587 g/mol. The lowest BCUT2D eigenvalue weighted by molar-refractivity contribution is -0.122. The molecule has 178 valence electrons. The second-order valence-electron chi connectivity index (χ2n) is 7.36. The summed E-state index contributed by atoms with van der Waals surface area (Å²) in [4.78, 5) is 38.4. The fraction of sp³-hybridized carbons (Fsp3) is 0.0800. The number of amides is 4. The molecule has 7 nitrogen and oxygen atoms in total. The van der Waals surface area contributed by atoms with Crippen LogP contribution in [0.25, 0.3) is 6.08 Å². The molecular formula is C25H17Br2FN2O5. The molecule has 1 aliphatic heterocycles. The normalized spacial score (nSPS) is 14.8. The second-order valence-corrected chi connectivity index (χ2v) is 9.13. The predicted octanol–water partition coefficient (Wildman–Crippen LogP) is 5.60. The zero-order valence-electron chi connectivity index (χ0n) is 18.2. The van der Waals surface area contributed by atoms with Gasteiger partial charge in [-0.15, -0.1) is 0 Å². The Bertz CT molecular complexity index is 1360. The molecule has 0 unspecified atom stereocenters. The predicted molar refractivity (Wildman–Crippen MR) is 135 cm³/mol. The van der Waals surface area contributed by atoms with Crippen molar-refractivity contribution < 1.29 is 28.2 Å². The number of barbiturate groups is 1. The van der Waals surface area contributed by atoms with E-state index >= 15 is 0 Å². The number of methoxy groups -OCH3 is 1. The Morgan fingerprint density at radius 3 is 2.43 bits per heavy atom. The minimum absolute atomic E-state index is 0.260. The first-order valence-electron chi connectivity index (χ1n) is 10.2. The van der Waals surface area contributed by atoms with Crippen LogP contribution in [-0.2, 0) is 16.2 Å². The summed E-state index contributed by atoms with van der Waals surface area (Å²) in [7, 11) is 1.46. The van der Waals surface area contributed by atoms with Crippen molar-refractivity contribution in [2.75, 3.05) is 12.0 Å². The van der Waals surface area contributed by atoms with Gasteiger partial charge in [-0.05, 0) is 69.5 Å². The molecule has 1 saturated heterocycles.